The van der Waals surface area contributed by atoms with Crippen molar-refractivity contribution in [2.45, 2.75) is 24.4 Å². The minimum Gasteiger partial charge on any atom is -0.389 e. The van der Waals surface area contributed by atoms with Crippen LogP contribution in [-0.2, 0) is 0 Å². The second-order valence-corrected chi connectivity index (χ2v) is 3.04. The minimum atomic E-state index is -1.48. The molecule has 0 unspecified atom stereocenters. The van der Waals surface area contributed by atoms with E-state index in [1.165, 1.54) is 0 Å². The first kappa shape index (κ1) is 12.4. The lowest BCUT2D eigenvalue weighted by molar-refractivity contribution is -0.0928. The zero-order valence-electron chi connectivity index (χ0n) is 6.27. The molecule has 4 nitrogen and oxygen atoms in total. The van der Waals surface area contributed by atoms with Gasteiger partial charge in [0.25, 0.3) is 0 Å². The van der Waals surface area contributed by atoms with Crippen LogP contribution in [0.2, 0.25) is 0 Å². The molecule has 0 aromatic rings. The van der Waals surface area contributed by atoms with Crippen LogP contribution in [0.4, 0.5) is 0 Å². The number of rotatable bonds is 5. The Labute approximate surface area is 80.3 Å². The molecule has 4 atom stereocenters. The Morgan fingerprint density at radius 2 is 1.00 bits per heavy atom. The molecular weight excluding hydrogens is 207 g/mol. The van der Waals surface area contributed by atoms with Crippen molar-refractivity contribution in [3.63, 3.8) is 0 Å². The highest BCUT2D eigenvalue weighted by Gasteiger charge is 2.29. The fourth-order valence-corrected chi connectivity index (χ4v) is 1.00. The van der Waals surface area contributed by atoms with Gasteiger partial charge in [0.05, 0.1) is 24.0 Å². The summed E-state index contributed by atoms with van der Waals surface area (Å²) in [6.07, 6.45) is -5.48. The van der Waals surface area contributed by atoms with Gasteiger partial charge in [-0.05, 0) is 0 Å². The Balaban J connectivity index is 3.99. The van der Waals surface area contributed by atoms with E-state index in [-0.39, 0.29) is 11.8 Å². The molecule has 0 aliphatic rings. The molecule has 0 aromatic carbocycles. The summed E-state index contributed by atoms with van der Waals surface area (Å²) < 4.78 is 0. The van der Waals surface area contributed by atoms with Crippen LogP contribution in [0.1, 0.15) is 0 Å². The van der Waals surface area contributed by atoms with Crippen molar-refractivity contribution in [2.75, 3.05) is 11.8 Å². The lowest BCUT2D eigenvalue weighted by Crippen LogP contribution is -2.45. The van der Waals surface area contributed by atoms with Crippen molar-refractivity contribution in [2.24, 2.45) is 0 Å². The van der Waals surface area contributed by atoms with E-state index < -0.39 is 24.4 Å². The average Bonchev–Trinajstić information content (AvgIpc) is 2.12. The molecule has 0 saturated heterocycles. The van der Waals surface area contributed by atoms with Crippen LogP contribution >= 0.6 is 23.2 Å². The topological polar surface area (TPSA) is 80.9 Å². The number of halogens is 2. The predicted octanol–water partition coefficient (Wildman–Crippen LogP) is -1.09. The zero-order chi connectivity index (χ0) is 9.72. The molecule has 0 aliphatic heterocycles. The molecule has 0 aliphatic carbocycles. The molecule has 0 aromatic heterocycles. The molecule has 0 radical (unpaired) electrons. The van der Waals surface area contributed by atoms with E-state index in [0.717, 1.165) is 0 Å². The first-order valence-electron chi connectivity index (χ1n) is 3.38. The lowest BCUT2D eigenvalue weighted by Gasteiger charge is -2.24. The van der Waals surface area contributed by atoms with Gasteiger partial charge in [0.15, 0.2) is 0 Å². The highest BCUT2D eigenvalue weighted by Crippen LogP contribution is 2.07. The maximum Gasteiger partial charge on any atom is 0.109 e. The molecule has 0 heterocycles. The summed E-state index contributed by atoms with van der Waals surface area (Å²) in [5, 5.41) is 36.1. The number of hydrogen-bond acceptors (Lipinski definition) is 4. The summed E-state index contributed by atoms with van der Waals surface area (Å²) in [7, 11) is 0. The van der Waals surface area contributed by atoms with Crippen molar-refractivity contribution in [1.29, 1.82) is 0 Å². The molecule has 0 rings (SSSR count). The lowest BCUT2D eigenvalue weighted by atomic mass is 10.1. The van der Waals surface area contributed by atoms with E-state index in [2.05, 4.69) is 0 Å². The number of aliphatic hydroxyl groups is 4. The molecule has 6 heteroatoms. The van der Waals surface area contributed by atoms with Crippen LogP contribution in [0.3, 0.4) is 0 Å². The normalized spacial score (nSPS) is 21.5. The highest BCUT2D eigenvalue weighted by molar-refractivity contribution is 6.18. The molecular formula is C6H12Cl2O4. The van der Waals surface area contributed by atoms with Crippen molar-refractivity contribution >= 4 is 23.2 Å². The second kappa shape index (κ2) is 5.96. The van der Waals surface area contributed by atoms with Crippen molar-refractivity contribution in [3.05, 3.63) is 0 Å². The summed E-state index contributed by atoms with van der Waals surface area (Å²) >= 11 is 10.4. The van der Waals surface area contributed by atoms with E-state index in [1.54, 1.807) is 0 Å². The van der Waals surface area contributed by atoms with Gasteiger partial charge in [0, 0.05) is 0 Å². The largest absolute Gasteiger partial charge is 0.389 e. The molecule has 0 amide bonds. The van der Waals surface area contributed by atoms with Crippen LogP contribution in [0, 0.1) is 0 Å². The second-order valence-electron chi connectivity index (χ2n) is 2.42. The van der Waals surface area contributed by atoms with E-state index in [0.29, 0.717) is 0 Å². The van der Waals surface area contributed by atoms with Gasteiger partial charge < -0.3 is 20.4 Å². The molecule has 74 valence electrons. The molecule has 0 bridgehead atoms. The summed E-state index contributed by atoms with van der Waals surface area (Å²) in [6.45, 7) is 0. The Hall–Kier alpha value is 0.420. The third-order valence-corrected chi connectivity index (χ3v) is 2.09. The summed E-state index contributed by atoms with van der Waals surface area (Å²) in [5.74, 6) is -0.430. The third-order valence-electron chi connectivity index (χ3n) is 1.45. The van der Waals surface area contributed by atoms with Gasteiger partial charge in [-0.2, -0.15) is 0 Å². The summed E-state index contributed by atoms with van der Waals surface area (Å²) in [4.78, 5) is 0. The van der Waals surface area contributed by atoms with E-state index >= 15 is 0 Å². The molecule has 4 N–H and O–H groups in total. The Kier molecular flexibility index (Phi) is 6.17. The highest BCUT2D eigenvalue weighted by atomic mass is 35.5. The number of alkyl halides is 2. The van der Waals surface area contributed by atoms with Crippen LogP contribution in [0.15, 0.2) is 0 Å². The number of hydrogen-bond donors (Lipinski definition) is 4. The van der Waals surface area contributed by atoms with Gasteiger partial charge in [0.1, 0.15) is 12.2 Å². The smallest absolute Gasteiger partial charge is 0.109 e. The molecule has 12 heavy (non-hydrogen) atoms. The maximum atomic E-state index is 9.08. The Morgan fingerprint density at radius 3 is 1.17 bits per heavy atom. The summed E-state index contributed by atoms with van der Waals surface area (Å²) in [6, 6.07) is 0. The maximum absolute atomic E-state index is 9.08. The van der Waals surface area contributed by atoms with Crippen molar-refractivity contribution in [3.8, 4) is 0 Å². The Morgan fingerprint density at radius 1 is 0.750 bits per heavy atom. The van der Waals surface area contributed by atoms with Gasteiger partial charge in [-0.1, -0.05) is 0 Å². The molecule has 0 fully saturated rings. The van der Waals surface area contributed by atoms with Gasteiger partial charge in [0.2, 0.25) is 0 Å². The zero-order valence-corrected chi connectivity index (χ0v) is 7.78. The Bertz CT molecular complexity index is 110. The summed E-state index contributed by atoms with van der Waals surface area (Å²) in [5.41, 5.74) is 0. The quantitative estimate of drug-likeness (QED) is 0.443. The molecule has 0 spiro atoms. The SMILES string of the molecule is O[C@H]([C@H](O)[C@H](O)CCl)[C@H](O)CCl. The standard InChI is InChI=1S/C6H12Cl2O4/c7-1-3(9)5(11)6(12)4(10)2-8/h3-6,9-12H,1-2H2/t3-,4-,5-,6+/m1/s1. The van der Waals surface area contributed by atoms with Crippen LogP contribution in [0.5, 0.6) is 0 Å². The van der Waals surface area contributed by atoms with Gasteiger partial charge in [-0.15, -0.1) is 23.2 Å². The van der Waals surface area contributed by atoms with Gasteiger partial charge in [-0.3, -0.25) is 0 Å². The molecule has 0 saturated carbocycles. The van der Waals surface area contributed by atoms with Crippen molar-refractivity contribution < 1.29 is 20.4 Å². The number of aliphatic hydroxyl groups excluding tert-OH is 4. The van der Waals surface area contributed by atoms with Crippen molar-refractivity contribution in [1.82, 2.24) is 0 Å². The first-order chi connectivity index (χ1) is 5.54. The fraction of sp³-hybridized carbons (Fsp3) is 1.00. The fourth-order valence-electron chi connectivity index (χ4n) is 0.638. The first-order valence-corrected chi connectivity index (χ1v) is 4.45. The predicted molar refractivity (Wildman–Crippen MR) is 45.5 cm³/mol. The average molecular weight is 219 g/mol. The minimum absolute atomic E-state index is 0.215. The van der Waals surface area contributed by atoms with Gasteiger partial charge >= 0.3 is 0 Å². The van der Waals surface area contributed by atoms with Crippen LogP contribution in [0.25, 0.3) is 0 Å². The van der Waals surface area contributed by atoms with E-state index in [4.69, 9.17) is 43.6 Å². The van der Waals surface area contributed by atoms with E-state index in [9.17, 15) is 0 Å². The van der Waals surface area contributed by atoms with E-state index in [1.807, 2.05) is 0 Å². The third kappa shape index (κ3) is 3.43. The van der Waals surface area contributed by atoms with Gasteiger partial charge in [-0.25, -0.2) is 0 Å². The van der Waals surface area contributed by atoms with Crippen LogP contribution in [-0.4, -0.2) is 56.6 Å². The monoisotopic (exact) mass is 218 g/mol. The van der Waals surface area contributed by atoms with Crippen LogP contribution < -0.4 is 0 Å².